The van der Waals surface area contributed by atoms with Gasteiger partial charge in [0.15, 0.2) is 0 Å². The summed E-state index contributed by atoms with van der Waals surface area (Å²) in [7, 11) is 0. The number of oxime groups is 1. The average molecular weight is 309 g/mol. The lowest BCUT2D eigenvalue weighted by atomic mass is 10.3. The Morgan fingerprint density at radius 3 is 2.74 bits per heavy atom. The zero-order chi connectivity index (χ0) is 16.1. The van der Waals surface area contributed by atoms with E-state index in [1.54, 1.807) is 23.7 Å². The van der Waals surface area contributed by atoms with Crippen LogP contribution in [0.3, 0.4) is 0 Å². The predicted octanol–water partition coefficient (Wildman–Crippen LogP) is 3.06. The molecule has 23 heavy (non-hydrogen) atoms. The molecular formula is C16H15N5O2. The first-order valence-corrected chi connectivity index (χ1v) is 7.07. The molecule has 7 heteroatoms. The number of fused-ring (bicyclic) bond motifs is 1. The first kappa shape index (κ1) is 14.7. The summed E-state index contributed by atoms with van der Waals surface area (Å²) in [5, 5.41) is 14.5. The van der Waals surface area contributed by atoms with Crippen LogP contribution in [0.4, 0.5) is 10.5 Å². The van der Waals surface area contributed by atoms with Crippen LogP contribution in [-0.2, 0) is 11.4 Å². The fourth-order valence-corrected chi connectivity index (χ4v) is 2.06. The molecule has 1 amide bonds. The van der Waals surface area contributed by atoms with E-state index in [9.17, 15) is 4.79 Å². The number of benzene rings is 2. The molecule has 0 saturated heterocycles. The van der Waals surface area contributed by atoms with Gasteiger partial charge in [0, 0.05) is 5.69 Å². The van der Waals surface area contributed by atoms with Crippen molar-refractivity contribution in [1.82, 2.24) is 15.0 Å². The molecule has 3 rings (SSSR count). The number of rotatable bonds is 4. The third kappa shape index (κ3) is 3.70. The van der Waals surface area contributed by atoms with Gasteiger partial charge in [-0.05, 0) is 31.2 Å². The van der Waals surface area contributed by atoms with Crippen LogP contribution in [0.25, 0.3) is 11.0 Å². The lowest BCUT2D eigenvalue weighted by Gasteiger charge is -2.04. The van der Waals surface area contributed by atoms with Gasteiger partial charge in [-0.15, -0.1) is 5.10 Å². The highest BCUT2D eigenvalue weighted by molar-refractivity contribution is 5.87. The fraction of sp³-hybridized carbons (Fsp3) is 0.125. The standard InChI is InChI=1S/C16H15N5O2/c1-12(11-21-15-10-6-5-9-14(15)18-20-21)19-23-16(22)17-13-7-3-2-4-8-13/h2-10H,11H2,1H3,(H,17,22)/b19-12+. The van der Waals surface area contributed by atoms with Gasteiger partial charge in [-0.2, -0.15) is 0 Å². The minimum Gasteiger partial charge on any atom is -0.298 e. The molecule has 0 saturated carbocycles. The molecule has 3 aromatic rings. The largest absolute Gasteiger partial charge is 0.437 e. The normalized spacial score (nSPS) is 11.4. The molecule has 1 aromatic heterocycles. The maximum atomic E-state index is 11.7. The quantitative estimate of drug-likeness (QED) is 0.456. The van der Waals surface area contributed by atoms with Gasteiger partial charge in [-0.1, -0.05) is 40.7 Å². The number of hydrogen-bond acceptors (Lipinski definition) is 5. The first-order valence-electron chi connectivity index (χ1n) is 7.07. The number of aromatic nitrogens is 3. The number of para-hydroxylation sites is 2. The van der Waals surface area contributed by atoms with Crippen molar-refractivity contribution in [1.29, 1.82) is 0 Å². The van der Waals surface area contributed by atoms with Gasteiger partial charge in [0.05, 0.1) is 17.8 Å². The van der Waals surface area contributed by atoms with Crippen LogP contribution in [0.2, 0.25) is 0 Å². The Labute approximate surface area is 132 Å². The molecule has 0 bridgehead atoms. The van der Waals surface area contributed by atoms with Gasteiger partial charge in [-0.3, -0.25) is 10.2 Å². The van der Waals surface area contributed by atoms with Gasteiger partial charge in [0.1, 0.15) is 5.52 Å². The van der Waals surface area contributed by atoms with Crippen molar-refractivity contribution in [3.8, 4) is 0 Å². The third-order valence-corrected chi connectivity index (χ3v) is 3.10. The SMILES string of the molecule is C/C(Cn1nnc2ccccc21)=N\OC(=O)Nc1ccccc1. The maximum Gasteiger partial charge on any atom is 0.437 e. The molecule has 0 aliphatic heterocycles. The number of nitrogens with one attached hydrogen (secondary N) is 1. The Bertz CT molecular complexity index is 842. The zero-order valence-corrected chi connectivity index (χ0v) is 12.5. The van der Waals surface area contributed by atoms with Crippen LogP contribution in [0.1, 0.15) is 6.92 Å². The van der Waals surface area contributed by atoms with Gasteiger partial charge < -0.3 is 0 Å². The van der Waals surface area contributed by atoms with E-state index < -0.39 is 6.09 Å². The Hall–Kier alpha value is -3.22. The molecule has 0 aliphatic carbocycles. The summed E-state index contributed by atoms with van der Waals surface area (Å²) in [6.45, 7) is 2.14. The summed E-state index contributed by atoms with van der Waals surface area (Å²) in [6, 6.07) is 16.7. The van der Waals surface area contributed by atoms with Crippen molar-refractivity contribution >= 4 is 28.5 Å². The Morgan fingerprint density at radius 1 is 1.17 bits per heavy atom. The van der Waals surface area contributed by atoms with E-state index in [1.165, 1.54) is 0 Å². The number of carbonyl (C=O) groups is 1. The van der Waals surface area contributed by atoms with Crippen molar-refractivity contribution in [2.24, 2.45) is 5.16 Å². The van der Waals surface area contributed by atoms with Gasteiger partial charge in [-0.25, -0.2) is 9.48 Å². The predicted molar refractivity (Wildman–Crippen MR) is 87.2 cm³/mol. The molecule has 2 aromatic carbocycles. The van der Waals surface area contributed by atoms with Crippen molar-refractivity contribution in [3.05, 3.63) is 54.6 Å². The second kappa shape index (κ2) is 6.69. The Kier molecular flexibility index (Phi) is 4.28. The Morgan fingerprint density at radius 2 is 1.91 bits per heavy atom. The van der Waals surface area contributed by atoms with E-state index in [1.807, 2.05) is 42.5 Å². The van der Waals surface area contributed by atoms with Crippen LogP contribution in [-0.4, -0.2) is 26.8 Å². The van der Waals surface area contributed by atoms with Crippen molar-refractivity contribution in [2.45, 2.75) is 13.5 Å². The minimum absolute atomic E-state index is 0.388. The second-order valence-electron chi connectivity index (χ2n) is 4.93. The van der Waals surface area contributed by atoms with E-state index in [4.69, 9.17) is 4.84 Å². The lowest BCUT2D eigenvalue weighted by Crippen LogP contribution is -2.14. The zero-order valence-electron chi connectivity index (χ0n) is 12.5. The maximum absolute atomic E-state index is 11.7. The molecule has 7 nitrogen and oxygen atoms in total. The van der Waals surface area contributed by atoms with Gasteiger partial charge in [0.25, 0.3) is 0 Å². The summed E-state index contributed by atoms with van der Waals surface area (Å²) in [6.07, 6.45) is -0.640. The highest BCUT2D eigenvalue weighted by Crippen LogP contribution is 2.10. The van der Waals surface area contributed by atoms with Crippen molar-refractivity contribution in [3.63, 3.8) is 0 Å². The molecule has 0 aliphatic rings. The van der Waals surface area contributed by atoms with E-state index >= 15 is 0 Å². The summed E-state index contributed by atoms with van der Waals surface area (Å²) in [4.78, 5) is 16.5. The van der Waals surface area contributed by atoms with E-state index in [-0.39, 0.29) is 0 Å². The number of anilines is 1. The van der Waals surface area contributed by atoms with E-state index in [2.05, 4.69) is 20.8 Å². The van der Waals surface area contributed by atoms with Gasteiger partial charge in [0.2, 0.25) is 0 Å². The molecule has 0 atom stereocenters. The number of hydrogen-bond donors (Lipinski definition) is 1. The smallest absolute Gasteiger partial charge is 0.298 e. The molecule has 0 spiro atoms. The molecule has 1 N–H and O–H groups in total. The average Bonchev–Trinajstić information content (AvgIpc) is 2.97. The molecular weight excluding hydrogens is 294 g/mol. The Balaban J connectivity index is 1.60. The third-order valence-electron chi connectivity index (χ3n) is 3.10. The highest BCUT2D eigenvalue weighted by atomic mass is 16.7. The molecule has 116 valence electrons. The lowest BCUT2D eigenvalue weighted by molar-refractivity contribution is 0.166. The van der Waals surface area contributed by atoms with Gasteiger partial charge >= 0.3 is 6.09 Å². The molecule has 0 fully saturated rings. The van der Waals surface area contributed by atoms with Crippen LogP contribution >= 0.6 is 0 Å². The van der Waals surface area contributed by atoms with Crippen molar-refractivity contribution in [2.75, 3.05) is 5.32 Å². The van der Waals surface area contributed by atoms with Crippen LogP contribution < -0.4 is 5.32 Å². The van der Waals surface area contributed by atoms with Crippen LogP contribution in [0, 0.1) is 0 Å². The summed E-state index contributed by atoms with van der Waals surface area (Å²) in [5.41, 5.74) is 2.95. The van der Waals surface area contributed by atoms with E-state index in [0.29, 0.717) is 17.9 Å². The monoisotopic (exact) mass is 309 g/mol. The minimum atomic E-state index is -0.640. The topological polar surface area (TPSA) is 81.4 Å². The second-order valence-corrected chi connectivity index (χ2v) is 4.93. The molecule has 0 radical (unpaired) electrons. The summed E-state index contributed by atoms with van der Waals surface area (Å²) < 4.78 is 1.70. The van der Waals surface area contributed by atoms with Crippen LogP contribution in [0.5, 0.6) is 0 Å². The fourth-order valence-electron chi connectivity index (χ4n) is 2.06. The van der Waals surface area contributed by atoms with Crippen LogP contribution in [0.15, 0.2) is 59.8 Å². The van der Waals surface area contributed by atoms with Crippen molar-refractivity contribution < 1.29 is 9.63 Å². The summed E-state index contributed by atoms with van der Waals surface area (Å²) >= 11 is 0. The summed E-state index contributed by atoms with van der Waals surface area (Å²) in [5.74, 6) is 0. The molecule has 1 heterocycles. The van der Waals surface area contributed by atoms with E-state index in [0.717, 1.165) is 11.0 Å². The first-order chi connectivity index (χ1) is 11.2. The molecule has 0 unspecified atom stereocenters. The number of amides is 1. The highest BCUT2D eigenvalue weighted by Gasteiger charge is 2.06. The number of carbonyl (C=O) groups excluding carboxylic acids is 1. The number of nitrogens with zero attached hydrogens (tertiary/aromatic N) is 4.